The molecule has 2 atom stereocenters. The molecule has 0 aliphatic carbocycles. The number of unbranched alkanes of at least 4 members (excludes halogenated alkanes) is 29. The van der Waals surface area contributed by atoms with Crippen LogP contribution in [-0.2, 0) is 33.3 Å². The topological polar surface area (TPSA) is 108 Å². The van der Waals surface area contributed by atoms with Crippen molar-refractivity contribution in [2.24, 2.45) is 0 Å². The smallest absolute Gasteiger partial charge is 0.361 e. The van der Waals surface area contributed by atoms with Crippen molar-refractivity contribution in [2.75, 3.05) is 47.5 Å². The fourth-order valence-corrected chi connectivity index (χ4v) is 7.36. The van der Waals surface area contributed by atoms with E-state index >= 15 is 0 Å². The van der Waals surface area contributed by atoms with Gasteiger partial charge in [0.1, 0.15) is 13.2 Å². The van der Waals surface area contributed by atoms with Crippen molar-refractivity contribution in [1.29, 1.82) is 0 Å². The molecule has 0 aromatic rings. The first kappa shape index (κ1) is 59.8. The highest BCUT2D eigenvalue weighted by atomic mass is 16.7. The van der Waals surface area contributed by atoms with Gasteiger partial charge in [-0.3, -0.25) is 9.59 Å². The Bertz CT molecular complexity index is 1070. The lowest BCUT2D eigenvalue weighted by atomic mass is 10.0. The number of nitrogens with zero attached hydrogens (tertiary/aromatic N) is 1. The Morgan fingerprint density at radius 1 is 0.468 bits per heavy atom. The van der Waals surface area contributed by atoms with Crippen molar-refractivity contribution in [2.45, 2.75) is 251 Å². The van der Waals surface area contributed by atoms with E-state index in [2.05, 4.69) is 38.2 Å². The summed E-state index contributed by atoms with van der Waals surface area (Å²) in [5, 5.41) is 9.66. The van der Waals surface area contributed by atoms with Gasteiger partial charge in [0.05, 0.1) is 34.4 Å². The molecule has 0 aromatic heterocycles. The lowest BCUT2D eigenvalue weighted by molar-refractivity contribution is -0.870. The Kier molecular flexibility index (Phi) is 43.7. The Balaban J connectivity index is 4.28. The average molecular weight is 879 g/mol. The minimum atomic E-state index is -1.51. The summed E-state index contributed by atoms with van der Waals surface area (Å²) in [4.78, 5) is 37.2. The summed E-state index contributed by atoms with van der Waals surface area (Å²) >= 11 is 0. The standard InChI is InChI=1S/C53H99NO8/c1-6-8-10-12-14-16-18-20-22-23-24-25-26-27-28-29-30-32-34-36-38-40-42-44-51(56)62-49(48-61-53(52(57)58)59-46-45-54(3,4)5)47-60-50(55)43-41-39-37-35-33-31-21-19-17-15-13-11-9-7-2/h19,21,23-24,49,53H,6-18,20,22,25-48H2,1-5H3/p+1/b21-19-,24-23-. The van der Waals surface area contributed by atoms with Gasteiger partial charge in [0.2, 0.25) is 0 Å². The lowest BCUT2D eigenvalue weighted by Crippen LogP contribution is -2.40. The van der Waals surface area contributed by atoms with Crippen molar-refractivity contribution in [3.05, 3.63) is 24.3 Å². The van der Waals surface area contributed by atoms with Gasteiger partial charge in [-0.05, 0) is 64.2 Å². The highest BCUT2D eigenvalue weighted by molar-refractivity contribution is 5.71. The van der Waals surface area contributed by atoms with Crippen LogP contribution in [0.4, 0.5) is 0 Å². The van der Waals surface area contributed by atoms with Crippen LogP contribution in [0.1, 0.15) is 239 Å². The van der Waals surface area contributed by atoms with Crippen LogP contribution in [0.15, 0.2) is 24.3 Å². The first-order valence-corrected chi connectivity index (χ1v) is 26.0. The third-order valence-corrected chi connectivity index (χ3v) is 11.4. The fraction of sp³-hybridized carbons (Fsp3) is 0.868. The van der Waals surface area contributed by atoms with Crippen LogP contribution in [0.3, 0.4) is 0 Å². The predicted molar refractivity (Wildman–Crippen MR) is 258 cm³/mol. The first-order chi connectivity index (χ1) is 30.1. The zero-order valence-corrected chi connectivity index (χ0v) is 41.3. The van der Waals surface area contributed by atoms with Crippen molar-refractivity contribution >= 4 is 17.9 Å². The molecular weight excluding hydrogens is 779 g/mol. The van der Waals surface area contributed by atoms with E-state index in [4.69, 9.17) is 18.9 Å². The van der Waals surface area contributed by atoms with Gasteiger partial charge in [-0.25, -0.2) is 4.79 Å². The summed E-state index contributed by atoms with van der Waals surface area (Å²) in [6, 6.07) is 0. The minimum absolute atomic E-state index is 0.183. The molecule has 0 rings (SSSR count). The molecule has 2 unspecified atom stereocenters. The van der Waals surface area contributed by atoms with E-state index in [1.54, 1.807) is 0 Å². The normalized spacial score (nSPS) is 13.0. The average Bonchev–Trinajstić information content (AvgIpc) is 3.23. The monoisotopic (exact) mass is 879 g/mol. The van der Waals surface area contributed by atoms with Crippen LogP contribution in [0.2, 0.25) is 0 Å². The number of ether oxygens (including phenoxy) is 4. The van der Waals surface area contributed by atoms with Crippen LogP contribution in [0.5, 0.6) is 0 Å². The fourth-order valence-electron chi connectivity index (χ4n) is 7.36. The molecule has 0 saturated carbocycles. The molecule has 0 aliphatic heterocycles. The number of rotatable bonds is 48. The Morgan fingerprint density at radius 3 is 1.19 bits per heavy atom. The summed E-state index contributed by atoms with van der Waals surface area (Å²) in [6.45, 7) is 4.88. The summed E-state index contributed by atoms with van der Waals surface area (Å²) < 4.78 is 22.8. The number of quaternary nitrogens is 1. The van der Waals surface area contributed by atoms with Crippen LogP contribution in [-0.4, -0.2) is 87.4 Å². The molecule has 0 aromatic carbocycles. The summed E-state index contributed by atoms with van der Waals surface area (Å²) in [6.07, 6.45) is 48.1. The Labute approximate surface area is 382 Å². The molecule has 62 heavy (non-hydrogen) atoms. The molecule has 364 valence electrons. The van der Waals surface area contributed by atoms with Crippen molar-refractivity contribution in [1.82, 2.24) is 0 Å². The van der Waals surface area contributed by atoms with E-state index in [0.29, 0.717) is 17.4 Å². The number of carboxylic acid groups (broad SMARTS) is 1. The highest BCUT2D eigenvalue weighted by Gasteiger charge is 2.25. The molecule has 0 bridgehead atoms. The molecule has 9 nitrogen and oxygen atoms in total. The SMILES string of the molecule is CCCCCCC/C=C\CCCCCCCC(=O)OCC(COC(OCC[N+](C)(C)C)C(=O)O)OC(=O)CCCCCCCCCCCCC/C=C\CCCCCCCCCC. The number of aliphatic carboxylic acids is 1. The molecule has 0 amide bonds. The zero-order valence-electron chi connectivity index (χ0n) is 41.3. The third-order valence-electron chi connectivity index (χ3n) is 11.4. The number of allylic oxidation sites excluding steroid dienone is 4. The van der Waals surface area contributed by atoms with Gasteiger partial charge in [-0.15, -0.1) is 0 Å². The van der Waals surface area contributed by atoms with Crippen molar-refractivity contribution < 1.29 is 42.9 Å². The van der Waals surface area contributed by atoms with Gasteiger partial charge < -0.3 is 28.5 Å². The van der Waals surface area contributed by atoms with E-state index in [9.17, 15) is 19.5 Å². The number of carbonyl (C=O) groups excluding carboxylic acids is 2. The number of carbonyl (C=O) groups is 3. The third kappa shape index (κ3) is 45.8. The summed E-state index contributed by atoms with van der Waals surface area (Å²) in [5.74, 6) is -2.01. The van der Waals surface area contributed by atoms with Gasteiger partial charge in [0.15, 0.2) is 6.10 Å². The maximum absolute atomic E-state index is 12.8. The number of likely N-dealkylation sites (N-methyl/N-ethyl adjacent to an activating group) is 1. The van der Waals surface area contributed by atoms with Gasteiger partial charge in [0.25, 0.3) is 6.29 Å². The quantitative estimate of drug-likeness (QED) is 0.0212. The van der Waals surface area contributed by atoms with Crippen LogP contribution < -0.4 is 0 Å². The van der Waals surface area contributed by atoms with Crippen LogP contribution in [0.25, 0.3) is 0 Å². The maximum atomic E-state index is 12.8. The molecule has 0 spiro atoms. The van der Waals surface area contributed by atoms with Gasteiger partial charge in [-0.1, -0.05) is 186 Å². The van der Waals surface area contributed by atoms with E-state index in [1.807, 2.05) is 21.1 Å². The molecule has 9 heteroatoms. The highest BCUT2D eigenvalue weighted by Crippen LogP contribution is 2.15. The number of carboxylic acids is 1. The first-order valence-electron chi connectivity index (χ1n) is 26.0. The molecule has 0 heterocycles. The Morgan fingerprint density at radius 2 is 0.823 bits per heavy atom. The lowest BCUT2D eigenvalue weighted by Gasteiger charge is -2.25. The Hall–Kier alpha value is -2.23. The van der Waals surface area contributed by atoms with Gasteiger partial charge in [0, 0.05) is 12.8 Å². The zero-order chi connectivity index (χ0) is 45.6. The number of hydrogen-bond donors (Lipinski definition) is 1. The van der Waals surface area contributed by atoms with E-state index in [0.717, 1.165) is 51.4 Å². The second-order valence-corrected chi connectivity index (χ2v) is 18.8. The predicted octanol–water partition coefficient (Wildman–Crippen LogP) is 14.4. The van der Waals surface area contributed by atoms with Gasteiger partial charge in [-0.2, -0.15) is 0 Å². The maximum Gasteiger partial charge on any atom is 0.361 e. The van der Waals surface area contributed by atoms with Crippen LogP contribution in [0, 0.1) is 0 Å². The molecular formula is C53H100NO8+. The molecule has 0 fully saturated rings. The second kappa shape index (κ2) is 45.3. The second-order valence-electron chi connectivity index (χ2n) is 18.8. The largest absolute Gasteiger partial charge is 0.477 e. The number of hydrogen-bond acceptors (Lipinski definition) is 7. The molecule has 0 aliphatic rings. The number of esters is 2. The van der Waals surface area contributed by atoms with Crippen molar-refractivity contribution in [3.63, 3.8) is 0 Å². The minimum Gasteiger partial charge on any atom is -0.477 e. The summed E-state index contributed by atoms with van der Waals surface area (Å²) in [7, 11) is 5.96. The van der Waals surface area contributed by atoms with Gasteiger partial charge >= 0.3 is 17.9 Å². The van der Waals surface area contributed by atoms with Crippen molar-refractivity contribution in [3.8, 4) is 0 Å². The summed E-state index contributed by atoms with van der Waals surface area (Å²) in [5.41, 5.74) is 0. The van der Waals surface area contributed by atoms with E-state index in [-0.39, 0.29) is 32.2 Å². The van der Waals surface area contributed by atoms with E-state index < -0.39 is 24.3 Å². The van der Waals surface area contributed by atoms with E-state index in [1.165, 1.54) is 161 Å². The molecule has 0 saturated heterocycles. The molecule has 0 radical (unpaired) electrons. The van der Waals surface area contributed by atoms with Crippen LogP contribution >= 0.6 is 0 Å². The molecule has 1 N–H and O–H groups in total.